The minimum absolute atomic E-state index is 0.521. The molecular formula is C16H30N2O. The Bertz CT molecular complexity index is 278. The fraction of sp³-hybridized carbons (Fsp3) is 1.00. The highest BCUT2D eigenvalue weighted by molar-refractivity contribution is 4.91. The van der Waals surface area contributed by atoms with Crippen LogP contribution in [0, 0.1) is 5.92 Å². The first-order valence-corrected chi connectivity index (χ1v) is 8.37. The maximum absolute atomic E-state index is 5.53. The lowest BCUT2D eigenvalue weighted by Crippen LogP contribution is -2.56. The Morgan fingerprint density at radius 3 is 2.63 bits per heavy atom. The normalized spacial score (nSPS) is 38.7. The fourth-order valence-electron chi connectivity index (χ4n) is 4.45. The van der Waals surface area contributed by atoms with Crippen molar-refractivity contribution in [1.82, 2.24) is 10.2 Å². The van der Waals surface area contributed by atoms with E-state index in [1.807, 2.05) is 7.11 Å². The second-order valence-corrected chi connectivity index (χ2v) is 6.78. The van der Waals surface area contributed by atoms with Crippen LogP contribution in [0.2, 0.25) is 0 Å². The van der Waals surface area contributed by atoms with Gasteiger partial charge in [0.25, 0.3) is 0 Å². The molecule has 3 aliphatic rings. The van der Waals surface area contributed by atoms with Crippen molar-refractivity contribution >= 4 is 0 Å². The van der Waals surface area contributed by atoms with E-state index < -0.39 is 0 Å². The summed E-state index contributed by atoms with van der Waals surface area (Å²) < 4.78 is 5.53. The minimum Gasteiger partial charge on any atom is -0.381 e. The Morgan fingerprint density at radius 1 is 1.05 bits per heavy atom. The third kappa shape index (κ3) is 3.32. The third-order valence-electron chi connectivity index (χ3n) is 5.66. The molecule has 3 nitrogen and oxygen atoms in total. The van der Waals surface area contributed by atoms with Gasteiger partial charge in [-0.15, -0.1) is 0 Å². The first kappa shape index (κ1) is 13.8. The highest BCUT2D eigenvalue weighted by Crippen LogP contribution is 2.31. The van der Waals surface area contributed by atoms with Crippen molar-refractivity contribution in [2.24, 2.45) is 5.92 Å². The summed E-state index contributed by atoms with van der Waals surface area (Å²) in [5.74, 6) is 0.941. The van der Waals surface area contributed by atoms with Crippen LogP contribution in [-0.4, -0.2) is 49.8 Å². The molecule has 110 valence electrons. The second kappa shape index (κ2) is 6.55. The molecule has 0 aromatic carbocycles. The lowest BCUT2D eigenvalue weighted by atomic mass is 9.83. The first-order chi connectivity index (χ1) is 9.36. The number of methoxy groups -OCH3 is 1. The summed E-state index contributed by atoms with van der Waals surface area (Å²) >= 11 is 0. The summed E-state index contributed by atoms with van der Waals surface area (Å²) in [7, 11) is 1.87. The van der Waals surface area contributed by atoms with Crippen molar-refractivity contribution in [2.45, 2.75) is 69.6 Å². The molecule has 0 amide bonds. The smallest absolute Gasteiger partial charge is 0.0586 e. The van der Waals surface area contributed by atoms with Crippen LogP contribution in [0.3, 0.4) is 0 Å². The largest absolute Gasteiger partial charge is 0.381 e. The highest BCUT2D eigenvalue weighted by Gasteiger charge is 2.34. The SMILES string of the molecule is COC1CCC(N2CCNC(C3CCCCC3)C2)C1. The van der Waals surface area contributed by atoms with E-state index in [9.17, 15) is 0 Å². The van der Waals surface area contributed by atoms with Gasteiger partial charge >= 0.3 is 0 Å². The number of rotatable bonds is 3. The van der Waals surface area contributed by atoms with E-state index in [1.54, 1.807) is 0 Å². The Balaban J connectivity index is 1.52. The van der Waals surface area contributed by atoms with E-state index in [0.29, 0.717) is 6.10 Å². The average molecular weight is 266 g/mol. The van der Waals surface area contributed by atoms with Crippen molar-refractivity contribution in [3.8, 4) is 0 Å². The van der Waals surface area contributed by atoms with Gasteiger partial charge in [-0.25, -0.2) is 0 Å². The van der Waals surface area contributed by atoms with Crippen LogP contribution in [0.1, 0.15) is 51.4 Å². The van der Waals surface area contributed by atoms with E-state index in [1.165, 1.54) is 71.0 Å². The average Bonchev–Trinajstić information content (AvgIpc) is 2.97. The van der Waals surface area contributed by atoms with Gasteiger partial charge in [0.2, 0.25) is 0 Å². The molecule has 1 aliphatic heterocycles. The van der Waals surface area contributed by atoms with Gasteiger partial charge in [0, 0.05) is 38.8 Å². The van der Waals surface area contributed by atoms with E-state index in [0.717, 1.165) is 18.0 Å². The molecule has 2 aliphatic carbocycles. The minimum atomic E-state index is 0.521. The molecule has 3 heteroatoms. The van der Waals surface area contributed by atoms with Crippen LogP contribution in [0.25, 0.3) is 0 Å². The van der Waals surface area contributed by atoms with Crippen LogP contribution in [0.15, 0.2) is 0 Å². The van der Waals surface area contributed by atoms with Crippen LogP contribution in [0.5, 0.6) is 0 Å². The number of hydrogen-bond donors (Lipinski definition) is 1. The lowest BCUT2D eigenvalue weighted by molar-refractivity contribution is 0.0802. The molecule has 3 rings (SSSR count). The molecule has 0 bridgehead atoms. The third-order valence-corrected chi connectivity index (χ3v) is 5.66. The molecule has 0 spiro atoms. The van der Waals surface area contributed by atoms with Crippen molar-refractivity contribution in [3.63, 3.8) is 0 Å². The van der Waals surface area contributed by atoms with Crippen molar-refractivity contribution in [3.05, 3.63) is 0 Å². The lowest BCUT2D eigenvalue weighted by Gasteiger charge is -2.41. The predicted octanol–water partition coefficient (Wildman–Crippen LogP) is 2.41. The summed E-state index contributed by atoms with van der Waals surface area (Å²) in [4.78, 5) is 2.76. The maximum Gasteiger partial charge on any atom is 0.0586 e. The summed E-state index contributed by atoms with van der Waals surface area (Å²) in [5, 5.41) is 3.79. The van der Waals surface area contributed by atoms with Gasteiger partial charge in [0.05, 0.1) is 6.10 Å². The van der Waals surface area contributed by atoms with Gasteiger partial charge in [-0.05, 0) is 38.0 Å². The zero-order valence-corrected chi connectivity index (χ0v) is 12.4. The Hall–Kier alpha value is -0.120. The van der Waals surface area contributed by atoms with Crippen LogP contribution in [-0.2, 0) is 4.74 Å². The van der Waals surface area contributed by atoms with Gasteiger partial charge in [0.1, 0.15) is 0 Å². The molecular weight excluding hydrogens is 236 g/mol. The van der Waals surface area contributed by atoms with Crippen molar-refractivity contribution in [2.75, 3.05) is 26.7 Å². The molecule has 0 radical (unpaired) electrons. The van der Waals surface area contributed by atoms with Gasteiger partial charge < -0.3 is 10.1 Å². The number of nitrogens with one attached hydrogen (secondary N) is 1. The summed E-state index contributed by atoms with van der Waals surface area (Å²) in [5.41, 5.74) is 0. The molecule has 3 fully saturated rings. The number of hydrogen-bond acceptors (Lipinski definition) is 3. The topological polar surface area (TPSA) is 24.5 Å². The highest BCUT2D eigenvalue weighted by atomic mass is 16.5. The maximum atomic E-state index is 5.53. The van der Waals surface area contributed by atoms with Crippen LogP contribution in [0.4, 0.5) is 0 Å². The molecule has 3 unspecified atom stereocenters. The van der Waals surface area contributed by atoms with Gasteiger partial charge in [-0.2, -0.15) is 0 Å². The van der Waals surface area contributed by atoms with Crippen molar-refractivity contribution in [1.29, 1.82) is 0 Å². The molecule has 19 heavy (non-hydrogen) atoms. The molecule has 0 aromatic heterocycles. The quantitative estimate of drug-likeness (QED) is 0.849. The van der Waals surface area contributed by atoms with Crippen molar-refractivity contribution < 1.29 is 4.74 Å². The molecule has 1 heterocycles. The standard InChI is InChI=1S/C16H30N2O/c1-19-15-8-7-14(11-15)18-10-9-17-16(12-18)13-5-3-2-4-6-13/h13-17H,2-12H2,1H3. The van der Waals surface area contributed by atoms with Gasteiger partial charge in [-0.3, -0.25) is 4.90 Å². The summed E-state index contributed by atoms with van der Waals surface area (Å²) in [6.45, 7) is 3.71. The summed E-state index contributed by atoms with van der Waals surface area (Å²) in [6, 6.07) is 1.55. The molecule has 1 saturated heterocycles. The van der Waals surface area contributed by atoms with E-state index >= 15 is 0 Å². The molecule has 2 saturated carbocycles. The number of piperazine rings is 1. The monoisotopic (exact) mass is 266 g/mol. The van der Waals surface area contributed by atoms with E-state index in [4.69, 9.17) is 4.74 Å². The van der Waals surface area contributed by atoms with E-state index in [2.05, 4.69) is 10.2 Å². The van der Waals surface area contributed by atoms with Crippen LogP contribution >= 0.6 is 0 Å². The summed E-state index contributed by atoms with van der Waals surface area (Å²) in [6.07, 6.45) is 11.7. The number of ether oxygens (including phenoxy) is 1. The van der Waals surface area contributed by atoms with Crippen LogP contribution < -0.4 is 5.32 Å². The molecule has 3 atom stereocenters. The van der Waals surface area contributed by atoms with Gasteiger partial charge in [0.15, 0.2) is 0 Å². The zero-order valence-electron chi connectivity index (χ0n) is 12.4. The fourth-order valence-corrected chi connectivity index (χ4v) is 4.45. The Kier molecular flexibility index (Phi) is 4.78. The Morgan fingerprint density at radius 2 is 1.89 bits per heavy atom. The Labute approximate surface area is 118 Å². The zero-order chi connectivity index (χ0) is 13.1. The van der Waals surface area contributed by atoms with Gasteiger partial charge in [-0.1, -0.05) is 19.3 Å². The second-order valence-electron chi connectivity index (χ2n) is 6.78. The predicted molar refractivity (Wildman–Crippen MR) is 78.4 cm³/mol. The molecule has 0 aromatic rings. The molecule has 1 N–H and O–H groups in total. The number of nitrogens with zero attached hydrogens (tertiary/aromatic N) is 1. The first-order valence-electron chi connectivity index (χ1n) is 8.37. The van der Waals surface area contributed by atoms with E-state index in [-0.39, 0.29) is 0 Å².